The van der Waals surface area contributed by atoms with Crippen molar-refractivity contribution in [2.75, 3.05) is 0 Å². The van der Waals surface area contributed by atoms with Gasteiger partial charge in [0.1, 0.15) is 11.6 Å². The number of hydrogen-bond donors (Lipinski definition) is 2. The highest BCUT2D eigenvalue weighted by Crippen LogP contribution is 2.40. The van der Waals surface area contributed by atoms with E-state index in [0.717, 1.165) is 25.3 Å². The second-order valence-electron chi connectivity index (χ2n) is 5.16. The standard InChI is InChI=1S/C14H20F2N2/c1-2-9-3-4-10(7-9)14(18-17)12-6-5-11(15)8-13(12)16/h5-6,8-10,14,18H,2-4,7,17H2,1H3. The summed E-state index contributed by atoms with van der Waals surface area (Å²) in [6.45, 7) is 2.18. The molecule has 3 unspecified atom stereocenters. The number of nitrogens with one attached hydrogen (secondary N) is 1. The number of halogens is 2. The zero-order valence-corrected chi connectivity index (χ0v) is 10.6. The summed E-state index contributed by atoms with van der Waals surface area (Å²) >= 11 is 0. The van der Waals surface area contributed by atoms with Crippen LogP contribution < -0.4 is 11.3 Å². The monoisotopic (exact) mass is 254 g/mol. The molecule has 2 rings (SSSR count). The van der Waals surface area contributed by atoms with Crippen LogP contribution in [0, 0.1) is 23.5 Å². The van der Waals surface area contributed by atoms with Gasteiger partial charge in [-0.3, -0.25) is 11.3 Å². The lowest BCUT2D eigenvalue weighted by Gasteiger charge is -2.24. The van der Waals surface area contributed by atoms with Crippen LogP contribution in [0.3, 0.4) is 0 Å². The van der Waals surface area contributed by atoms with E-state index in [9.17, 15) is 8.78 Å². The van der Waals surface area contributed by atoms with E-state index >= 15 is 0 Å². The van der Waals surface area contributed by atoms with Crippen LogP contribution in [-0.2, 0) is 0 Å². The maximum Gasteiger partial charge on any atom is 0.130 e. The van der Waals surface area contributed by atoms with E-state index in [2.05, 4.69) is 12.3 Å². The lowest BCUT2D eigenvalue weighted by atomic mass is 9.90. The van der Waals surface area contributed by atoms with E-state index < -0.39 is 11.6 Å². The van der Waals surface area contributed by atoms with Crippen LogP contribution in [0.4, 0.5) is 8.78 Å². The molecule has 1 fully saturated rings. The van der Waals surface area contributed by atoms with E-state index in [1.54, 1.807) is 0 Å². The first kappa shape index (κ1) is 13.4. The Balaban J connectivity index is 2.18. The summed E-state index contributed by atoms with van der Waals surface area (Å²) in [5, 5.41) is 0. The summed E-state index contributed by atoms with van der Waals surface area (Å²) < 4.78 is 26.7. The van der Waals surface area contributed by atoms with Gasteiger partial charge in [0.25, 0.3) is 0 Å². The summed E-state index contributed by atoms with van der Waals surface area (Å²) in [7, 11) is 0. The van der Waals surface area contributed by atoms with Crippen LogP contribution in [0.15, 0.2) is 18.2 Å². The molecular weight excluding hydrogens is 234 g/mol. The quantitative estimate of drug-likeness (QED) is 0.639. The fourth-order valence-electron chi connectivity index (χ4n) is 3.02. The molecule has 0 radical (unpaired) electrons. The Kier molecular flexibility index (Phi) is 4.30. The minimum atomic E-state index is -0.551. The predicted molar refractivity (Wildman–Crippen MR) is 67.5 cm³/mol. The van der Waals surface area contributed by atoms with Crippen molar-refractivity contribution >= 4 is 0 Å². The molecule has 0 amide bonds. The highest BCUT2D eigenvalue weighted by molar-refractivity contribution is 5.23. The Labute approximate surface area is 107 Å². The Hall–Kier alpha value is -1.00. The topological polar surface area (TPSA) is 38.0 Å². The molecule has 100 valence electrons. The van der Waals surface area contributed by atoms with Crippen molar-refractivity contribution in [3.8, 4) is 0 Å². The van der Waals surface area contributed by atoms with Crippen LogP contribution in [0.5, 0.6) is 0 Å². The molecule has 0 aromatic heterocycles. The second-order valence-corrected chi connectivity index (χ2v) is 5.16. The van der Waals surface area contributed by atoms with Crippen molar-refractivity contribution in [3.63, 3.8) is 0 Å². The second kappa shape index (κ2) is 5.76. The molecule has 1 aromatic rings. The summed E-state index contributed by atoms with van der Waals surface area (Å²) in [5.41, 5.74) is 3.18. The van der Waals surface area contributed by atoms with E-state index in [0.29, 0.717) is 17.4 Å². The van der Waals surface area contributed by atoms with Gasteiger partial charge in [-0.05, 0) is 30.7 Å². The van der Waals surface area contributed by atoms with Crippen LogP contribution >= 0.6 is 0 Å². The number of hydrazine groups is 1. The molecule has 1 aliphatic carbocycles. The number of nitrogens with two attached hydrogens (primary N) is 1. The first-order valence-electron chi connectivity index (χ1n) is 6.56. The summed E-state index contributed by atoms with van der Waals surface area (Å²) in [6, 6.07) is 3.48. The van der Waals surface area contributed by atoms with Gasteiger partial charge in [0, 0.05) is 11.6 Å². The van der Waals surface area contributed by atoms with Crippen molar-refractivity contribution in [1.82, 2.24) is 5.43 Å². The van der Waals surface area contributed by atoms with E-state index in [-0.39, 0.29) is 6.04 Å². The van der Waals surface area contributed by atoms with Gasteiger partial charge in [-0.15, -0.1) is 0 Å². The van der Waals surface area contributed by atoms with Crippen LogP contribution in [0.1, 0.15) is 44.2 Å². The van der Waals surface area contributed by atoms with Crippen LogP contribution in [0.2, 0.25) is 0 Å². The first-order valence-corrected chi connectivity index (χ1v) is 6.56. The van der Waals surface area contributed by atoms with Crippen molar-refractivity contribution in [2.24, 2.45) is 17.7 Å². The SMILES string of the molecule is CCC1CCC(C(NN)c2ccc(F)cc2F)C1. The van der Waals surface area contributed by atoms with Crippen molar-refractivity contribution in [1.29, 1.82) is 0 Å². The van der Waals surface area contributed by atoms with Crippen LogP contribution in [0.25, 0.3) is 0 Å². The average Bonchev–Trinajstić information content (AvgIpc) is 2.81. The molecule has 2 nitrogen and oxygen atoms in total. The molecule has 4 heteroatoms. The molecule has 0 saturated heterocycles. The molecule has 0 heterocycles. The minimum absolute atomic E-state index is 0.220. The molecule has 0 spiro atoms. The highest BCUT2D eigenvalue weighted by atomic mass is 19.1. The zero-order chi connectivity index (χ0) is 13.1. The molecule has 3 atom stereocenters. The third kappa shape index (κ3) is 2.70. The lowest BCUT2D eigenvalue weighted by molar-refractivity contribution is 0.348. The fourth-order valence-corrected chi connectivity index (χ4v) is 3.02. The summed E-state index contributed by atoms with van der Waals surface area (Å²) in [5.74, 6) is 5.54. The van der Waals surface area contributed by atoms with E-state index in [1.807, 2.05) is 0 Å². The zero-order valence-electron chi connectivity index (χ0n) is 10.6. The third-order valence-electron chi connectivity index (χ3n) is 4.11. The largest absolute Gasteiger partial charge is 0.271 e. The maximum absolute atomic E-state index is 13.8. The predicted octanol–water partition coefficient (Wildman–Crippen LogP) is 3.30. The fraction of sp³-hybridized carbons (Fsp3) is 0.571. The van der Waals surface area contributed by atoms with Gasteiger partial charge in [-0.2, -0.15) is 0 Å². The van der Waals surface area contributed by atoms with Crippen molar-refractivity contribution in [3.05, 3.63) is 35.4 Å². The van der Waals surface area contributed by atoms with E-state index in [4.69, 9.17) is 5.84 Å². The lowest BCUT2D eigenvalue weighted by Crippen LogP contribution is -2.33. The Morgan fingerprint density at radius 1 is 1.39 bits per heavy atom. The Bertz CT molecular complexity index is 409. The van der Waals surface area contributed by atoms with Gasteiger partial charge in [-0.25, -0.2) is 8.78 Å². The minimum Gasteiger partial charge on any atom is -0.271 e. The highest BCUT2D eigenvalue weighted by Gasteiger charge is 2.31. The number of rotatable bonds is 4. The third-order valence-corrected chi connectivity index (χ3v) is 4.11. The molecule has 1 aromatic carbocycles. The van der Waals surface area contributed by atoms with Gasteiger partial charge < -0.3 is 0 Å². The van der Waals surface area contributed by atoms with Crippen LogP contribution in [-0.4, -0.2) is 0 Å². The number of benzene rings is 1. The van der Waals surface area contributed by atoms with Gasteiger partial charge >= 0.3 is 0 Å². The maximum atomic E-state index is 13.8. The molecule has 0 bridgehead atoms. The molecular formula is C14H20F2N2. The first-order chi connectivity index (χ1) is 8.65. The smallest absolute Gasteiger partial charge is 0.130 e. The normalized spacial score (nSPS) is 25.3. The van der Waals surface area contributed by atoms with Gasteiger partial charge in [0.2, 0.25) is 0 Å². The van der Waals surface area contributed by atoms with Gasteiger partial charge in [0.05, 0.1) is 6.04 Å². The summed E-state index contributed by atoms with van der Waals surface area (Å²) in [4.78, 5) is 0. The molecule has 1 aliphatic rings. The molecule has 18 heavy (non-hydrogen) atoms. The molecule has 0 aliphatic heterocycles. The van der Waals surface area contributed by atoms with Gasteiger partial charge in [-0.1, -0.05) is 25.8 Å². The van der Waals surface area contributed by atoms with Crippen molar-refractivity contribution in [2.45, 2.75) is 38.6 Å². The van der Waals surface area contributed by atoms with Gasteiger partial charge in [0.15, 0.2) is 0 Å². The Morgan fingerprint density at radius 3 is 2.72 bits per heavy atom. The molecule has 1 saturated carbocycles. The number of hydrogen-bond acceptors (Lipinski definition) is 2. The molecule has 3 N–H and O–H groups in total. The van der Waals surface area contributed by atoms with Crippen molar-refractivity contribution < 1.29 is 8.78 Å². The average molecular weight is 254 g/mol. The Morgan fingerprint density at radius 2 is 2.17 bits per heavy atom. The van der Waals surface area contributed by atoms with E-state index in [1.165, 1.54) is 18.6 Å². The summed E-state index contributed by atoms with van der Waals surface area (Å²) in [6.07, 6.45) is 4.42.